The number of methoxy groups -OCH3 is 1. The van der Waals surface area contributed by atoms with Crippen LogP contribution in [-0.2, 0) is 24.4 Å². The molecule has 1 aliphatic rings. The highest BCUT2D eigenvalue weighted by atomic mass is 19.1. The minimum Gasteiger partial charge on any atom is -0.397 e. The predicted octanol–water partition coefficient (Wildman–Crippen LogP) is 3.93. The summed E-state index contributed by atoms with van der Waals surface area (Å²) in [4.78, 5) is 14.5. The Labute approximate surface area is 188 Å². The van der Waals surface area contributed by atoms with E-state index in [1.165, 1.54) is 6.07 Å². The lowest BCUT2D eigenvalue weighted by atomic mass is 10.1. The molecule has 0 atom stereocenters. The number of urea groups is 1. The molecule has 3 rings (SSSR count). The number of allylic oxidation sites excluding steroid dienone is 4. The van der Waals surface area contributed by atoms with E-state index in [1.807, 2.05) is 30.8 Å². The van der Waals surface area contributed by atoms with Crippen LogP contribution in [0.4, 0.5) is 9.18 Å². The average molecular weight is 440 g/mol. The summed E-state index contributed by atoms with van der Waals surface area (Å²) in [5.41, 5.74) is 10.3. The van der Waals surface area contributed by atoms with Gasteiger partial charge in [-0.25, -0.2) is 9.18 Å². The van der Waals surface area contributed by atoms with E-state index in [0.717, 1.165) is 16.8 Å². The lowest BCUT2D eigenvalue weighted by Gasteiger charge is -2.18. The van der Waals surface area contributed by atoms with E-state index in [2.05, 4.69) is 10.4 Å². The van der Waals surface area contributed by atoms with E-state index in [-0.39, 0.29) is 11.8 Å². The van der Waals surface area contributed by atoms with Gasteiger partial charge in [0.05, 0.1) is 43.3 Å². The number of amides is 2. The molecule has 0 spiro atoms. The molecule has 170 valence electrons. The number of carbonyl (C=O) groups excluding carboxylic acids is 1. The SMILES string of the molecule is CC/C=C(NC(=O)N1Cc2cn(CCOC)nc2C1)/C(N)=C\C=C(/C)c1ccccc1F. The molecule has 0 radical (unpaired) electrons. The number of nitrogens with two attached hydrogens (primary N) is 1. The predicted molar refractivity (Wildman–Crippen MR) is 123 cm³/mol. The summed E-state index contributed by atoms with van der Waals surface area (Å²) in [6.07, 6.45) is 7.94. The first-order valence-corrected chi connectivity index (χ1v) is 10.6. The number of nitrogens with zero attached hydrogens (tertiary/aromatic N) is 3. The van der Waals surface area contributed by atoms with Crippen molar-refractivity contribution < 1.29 is 13.9 Å². The highest BCUT2D eigenvalue weighted by Gasteiger charge is 2.27. The average Bonchev–Trinajstić information content (AvgIpc) is 3.34. The molecule has 2 aromatic rings. The summed E-state index contributed by atoms with van der Waals surface area (Å²) < 4.78 is 20.9. The second kappa shape index (κ2) is 10.8. The van der Waals surface area contributed by atoms with E-state index < -0.39 is 0 Å². The largest absolute Gasteiger partial charge is 0.397 e. The number of hydrogen-bond donors (Lipinski definition) is 2. The lowest BCUT2D eigenvalue weighted by molar-refractivity contribution is 0.182. The molecule has 0 fully saturated rings. The topological polar surface area (TPSA) is 85.4 Å². The molecule has 1 aromatic carbocycles. The Balaban J connectivity index is 1.65. The number of ether oxygens (including phenoxy) is 1. The van der Waals surface area contributed by atoms with Crippen molar-refractivity contribution in [3.05, 3.63) is 82.7 Å². The Bertz CT molecular complexity index is 1030. The van der Waals surface area contributed by atoms with Gasteiger partial charge in [-0.3, -0.25) is 4.68 Å². The van der Waals surface area contributed by atoms with Gasteiger partial charge in [0.1, 0.15) is 5.82 Å². The van der Waals surface area contributed by atoms with Crippen LogP contribution < -0.4 is 11.1 Å². The van der Waals surface area contributed by atoms with Crippen LogP contribution in [-0.4, -0.2) is 34.4 Å². The lowest BCUT2D eigenvalue weighted by Crippen LogP contribution is -2.37. The molecule has 0 bridgehead atoms. The van der Waals surface area contributed by atoms with Crippen LogP contribution in [0.5, 0.6) is 0 Å². The standard InChI is InChI=1S/C24H30FN5O2/c1-4-7-22(21(26)11-10-17(2)19-8-5-6-9-20(19)25)27-24(31)29-14-18-15-30(12-13-32-3)28-23(18)16-29/h5-11,15H,4,12-14,16,26H2,1-3H3,(H,27,31)/b17-10+,21-11+,22-7-. The number of benzene rings is 1. The van der Waals surface area contributed by atoms with E-state index in [9.17, 15) is 9.18 Å². The highest BCUT2D eigenvalue weighted by molar-refractivity contribution is 5.78. The molecule has 2 amide bonds. The maximum absolute atomic E-state index is 14.0. The van der Waals surface area contributed by atoms with Crippen molar-refractivity contribution in [1.29, 1.82) is 0 Å². The summed E-state index contributed by atoms with van der Waals surface area (Å²) in [5, 5.41) is 7.43. The van der Waals surface area contributed by atoms with Crippen molar-refractivity contribution in [2.75, 3.05) is 13.7 Å². The third-order valence-electron chi connectivity index (χ3n) is 5.21. The maximum atomic E-state index is 14.0. The number of aromatic nitrogens is 2. The van der Waals surface area contributed by atoms with Gasteiger partial charge in [-0.1, -0.05) is 37.3 Å². The first-order valence-electron chi connectivity index (χ1n) is 10.6. The van der Waals surface area contributed by atoms with Crippen molar-refractivity contribution in [2.24, 2.45) is 5.73 Å². The third kappa shape index (κ3) is 5.64. The van der Waals surface area contributed by atoms with Gasteiger partial charge in [0.25, 0.3) is 0 Å². The number of nitrogens with one attached hydrogen (secondary N) is 1. The second-order valence-electron chi connectivity index (χ2n) is 7.62. The molecule has 32 heavy (non-hydrogen) atoms. The minimum absolute atomic E-state index is 0.239. The normalized spacial score (nSPS) is 14.6. The van der Waals surface area contributed by atoms with Crippen LogP contribution in [0, 0.1) is 5.82 Å². The molecule has 0 saturated heterocycles. The first-order chi connectivity index (χ1) is 15.4. The highest BCUT2D eigenvalue weighted by Crippen LogP contribution is 2.22. The number of carbonyl (C=O) groups is 1. The van der Waals surface area contributed by atoms with Crippen LogP contribution >= 0.6 is 0 Å². The Morgan fingerprint density at radius 1 is 1.31 bits per heavy atom. The van der Waals surface area contributed by atoms with Gasteiger partial charge in [-0.05, 0) is 31.1 Å². The van der Waals surface area contributed by atoms with Crippen LogP contribution in [0.2, 0.25) is 0 Å². The summed E-state index contributed by atoms with van der Waals surface area (Å²) in [6.45, 7) is 5.98. The first kappa shape index (κ1) is 23.3. The number of rotatable bonds is 8. The molecule has 0 saturated carbocycles. The van der Waals surface area contributed by atoms with E-state index in [1.54, 1.807) is 42.4 Å². The Morgan fingerprint density at radius 2 is 2.09 bits per heavy atom. The molecule has 0 aliphatic carbocycles. The van der Waals surface area contributed by atoms with Crippen LogP contribution in [0.3, 0.4) is 0 Å². The molecule has 2 heterocycles. The Morgan fingerprint density at radius 3 is 2.78 bits per heavy atom. The number of hydrogen-bond acceptors (Lipinski definition) is 4. The van der Waals surface area contributed by atoms with Crippen LogP contribution in [0.25, 0.3) is 5.57 Å². The van der Waals surface area contributed by atoms with Gasteiger partial charge in [0, 0.05) is 24.4 Å². The van der Waals surface area contributed by atoms with E-state index >= 15 is 0 Å². The van der Waals surface area contributed by atoms with Gasteiger partial charge in [0.2, 0.25) is 0 Å². The Hall–Kier alpha value is -3.39. The van der Waals surface area contributed by atoms with Gasteiger partial charge in [-0.2, -0.15) is 5.10 Å². The maximum Gasteiger partial charge on any atom is 0.322 e. The summed E-state index contributed by atoms with van der Waals surface area (Å²) >= 11 is 0. The fourth-order valence-electron chi connectivity index (χ4n) is 3.47. The molecule has 1 aliphatic heterocycles. The molecule has 3 N–H and O–H groups in total. The van der Waals surface area contributed by atoms with Gasteiger partial charge < -0.3 is 20.7 Å². The number of halogens is 1. The quantitative estimate of drug-likeness (QED) is 0.610. The zero-order valence-corrected chi connectivity index (χ0v) is 18.8. The van der Waals surface area contributed by atoms with Gasteiger partial charge in [-0.15, -0.1) is 0 Å². The summed E-state index contributed by atoms with van der Waals surface area (Å²) in [6, 6.07) is 6.34. The Kier molecular flexibility index (Phi) is 7.83. The fraction of sp³-hybridized carbons (Fsp3) is 0.333. The van der Waals surface area contributed by atoms with Crippen LogP contribution in [0.1, 0.15) is 37.1 Å². The van der Waals surface area contributed by atoms with Crippen molar-refractivity contribution in [1.82, 2.24) is 20.0 Å². The zero-order chi connectivity index (χ0) is 23.1. The summed E-state index contributed by atoms with van der Waals surface area (Å²) in [5.74, 6) is -0.288. The van der Waals surface area contributed by atoms with Crippen molar-refractivity contribution in [3.63, 3.8) is 0 Å². The monoisotopic (exact) mass is 439 g/mol. The van der Waals surface area contributed by atoms with Gasteiger partial charge in [0.15, 0.2) is 0 Å². The molecule has 7 nitrogen and oxygen atoms in total. The molecule has 8 heteroatoms. The minimum atomic E-state index is -0.288. The summed E-state index contributed by atoms with van der Waals surface area (Å²) in [7, 11) is 1.65. The molecule has 1 aromatic heterocycles. The zero-order valence-electron chi connectivity index (χ0n) is 18.8. The molecular formula is C24H30FN5O2. The smallest absolute Gasteiger partial charge is 0.322 e. The fourth-order valence-corrected chi connectivity index (χ4v) is 3.47. The molecule has 0 unspecified atom stereocenters. The van der Waals surface area contributed by atoms with E-state index in [0.29, 0.717) is 49.6 Å². The van der Waals surface area contributed by atoms with Crippen LogP contribution in [0.15, 0.2) is 60.1 Å². The molecular weight excluding hydrogens is 409 g/mol. The second-order valence-corrected chi connectivity index (χ2v) is 7.62. The van der Waals surface area contributed by atoms with Crippen molar-refractivity contribution in [2.45, 2.75) is 39.9 Å². The third-order valence-corrected chi connectivity index (χ3v) is 5.21. The van der Waals surface area contributed by atoms with Crippen molar-refractivity contribution in [3.8, 4) is 0 Å². The van der Waals surface area contributed by atoms with Gasteiger partial charge >= 0.3 is 6.03 Å². The van der Waals surface area contributed by atoms with E-state index in [4.69, 9.17) is 10.5 Å². The van der Waals surface area contributed by atoms with Crippen molar-refractivity contribution >= 4 is 11.6 Å². The number of fused-ring (bicyclic) bond motifs is 1.